The van der Waals surface area contributed by atoms with E-state index in [1.807, 2.05) is 54.6 Å². The lowest BCUT2D eigenvalue weighted by molar-refractivity contribution is 0.0548. The first kappa shape index (κ1) is 21.7. The standard InChI is InChI=1S/C26H26N2O4/c29-19-25(30)23-8-6-20(7-9-23)18-28(26(31)27-14-16-32-17-15-27)24-12-10-22(11-13-24)21-4-2-1-3-5-21/h1-13,29H,14-19H2. The first-order valence-corrected chi connectivity index (χ1v) is 10.7. The third-order valence-electron chi connectivity index (χ3n) is 5.56. The Kier molecular flexibility index (Phi) is 6.94. The van der Waals surface area contributed by atoms with Gasteiger partial charge in [-0.05, 0) is 28.8 Å². The highest BCUT2D eigenvalue weighted by molar-refractivity contribution is 5.97. The summed E-state index contributed by atoms with van der Waals surface area (Å²) in [6, 6.07) is 25.0. The van der Waals surface area contributed by atoms with Gasteiger partial charge >= 0.3 is 6.03 Å². The zero-order chi connectivity index (χ0) is 22.3. The molecule has 0 radical (unpaired) electrons. The van der Waals surface area contributed by atoms with Crippen molar-refractivity contribution in [3.8, 4) is 11.1 Å². The fourth-order valence-corrected chi connectivity index (χ4v) is 3.73. The molecule has 1 saturated heterocycles. The highest BCUT2D eigenvalue weighted by Gasteiger charge is 2.24. The SMILES string of the molecule is O=C(CO)c1ccc(CN(C(=O)N2CCOCC2)c2ccc(-c3ccccc3)cc2)cc1. The molecule has 164 valence electrons. The number of ketones is 1. The molecule has 1 N–H and O–H groups in total. The van der Waals surface area contributed by atoms with E-state index in [9.17, 15) is 9.59 Å². The number of aliphatic hydroxyl groups excluding tert-OH is 1. The van der Waals surface area contributed by atoms with Gasteiger partial charge in [-0.25, -0.2) is 4.79 Å². The van der Waals surface area contributed by atoms with Gasteiger partial charge in [0.05, 0.1) is 19.8 Å². The minimum absolute atomic E-state index is 0.0729. The summed E-state index contributed by atoms with van der Waals surface area (Å²) in [6.45, 7) is 2.03. The molecule has 0 unspecified atom stereocenters. The van der Waals surface area contributed by atoms with Gasteiger partial charge in [-0.1, -0.05) is 66.7 Å². The summed E-state index contributed by atoms with van der Waals surface area (Å²) in [5.41, 5.74) is 4.36. The molecule has 1 fully saturated rings. The molecule has 6 heteroatoms. The van der Waals surface area contributed by atoms with Crippen LogP contribution < -0.4 is 4.90 Å². The van der Waals surface area contributed by atoms with Crippen LogP contribution in [0.1, 0.15) is 15.9 Å². The molecular formula is C26H26N2O4. The highest BCUT2D eigenvalue weighted by Crippen LogP contribution is 2.25. The predicted octanol–water partition coefficient (Wildman–Crippen LogP) is 3.99. The number of benzene rings is 3. The molecule has 0 spiro atoms. The van der Waals surface area contributed by atoms with Crippen molar-refractivity contribution in [3.05, 3.63) is 90.0 Å². The van der Waals surface area contributed by atoms with Crippen LogP contribution in [0.25, 0.3) is 11.1 Å². The van der Waals surface area contributed by atoms with Crippen molar-refractivity contribution >= 4 is 17.5 Å². The molecule has 0 aromatic heterocycles. The molecule has 2 amide bonds. The van der Waals surface area contributed by atoms with E-state index in [4.69, 9.17) is 9.84 Å². The van der Waals surface area contributed by atoms with Crippen molar-refractivity contribution < 1.29 is 19.4 Å². The summed E-state index contributed by atoms with van der Waals surface area (Å²) in [6.07, 6.45) is 0. The summed E-state index contributed by atoms with van der Waals surface area (Å²) in [7, 11) is 0. The molecule has 0 atom stereocenters. The quantitative estimate of drug-likeness (QED) is 0.601. The smallest absolute Gasteiger partial charge is 0.324 e. The number of ether oxygens (including phenoxy) is 1. The molecule has 0 bridgehead atoms. The zero-order valence-corrected chi connectivity index (χ0v) is 17.8. The number of nitrogens with zero attached hydrogens (tertiary/aromatic N) is 2. The van der Waals surface area contributed by atoms with Crippen LogP contribution in [0.2, 0.25) is 0 Å². The number of aliphatic hydroxyl groups is 1. The Balaban J connectivity index is 1.60. The van der Waals surface area contributed by atoms with Crippen molar-refractivity contribution in [2.45, 2.75) is 6.54 Å². The number of amides is 2. The lowest BCUT2D eigenvalue weighted by atomic mass is 10.0. The second-order valence-electron chi connectivity index (χ2n) is 7.66. The van der Waals surface area contributed by atoms with Crippen LogP contribution in [0.15, 0.2) is 78.9 Å². The van der Waals surface area contributed by atoms with Crippen LogP contribution in [0, 0.1) is 0 Å². The topological polar surface area (TPSA) is 70.1 Å². The number of anilines is 1. The summed E-state index contributed by atoms with van der Waals surface area (Å²) in [5, 5.41) is 9.06. The summed E-state index contributed by atoms with van der Waals surface area (Å²) >= 11 is 0. The fourth-order valence-electron chi connectivity index (χ4n) is 3.73. The molecule has 6 nitrogen and oxygen atoms in total. The normalized spacial score (nSPS) is 13.6. The van der Waals surface area contributed by atoms with Gasteiger partial charge in [-0.3, -0.25) is 9.69 Å². The third-order valence-corrected chi connectivity index (χ3v) is 5.56. The van der Waals surface area contributed by atoms with Crippen molar-refractivity contribution in [1.82, 2.24) is 4.90 Å². The molecule has 4 rings (SSSR count). The van der Waals surface area contributed by atoms with Crippen LogP contribution in [-0.4, -0.2) is 54.7 Å². The molecule has 0 saturated carbocycles. The van der Waals surface area contributed by atoms with Crippen LogP contribution in [0.5, 0.6) is 0 Å². The predicted molar refractivity (Wildman–Crippen MR) is 124 cm³/mol. The van der Waals surface area contributed by atoms with Gasteiger partial charge in [0.1, 0.15) is 6.61 Å². The summed E-state index contributed by atoms with van der Waals surface area (Å²) in [5.74, 6) is -0.325. The molecule has 1 heterocycles. The third kappa shape index (κ3) is 5.04. The van der Waals surface area contributed by atoms with Crippen molar-refractivity contribution in [2.75, 3.05) is 37.8 Å². The average Bonchev–Trinajstić information content (AvgIpc) is 2.88. The first-order chi connectivity index (χ1) is 15.7. The Morgan fingerprint density at radius 1 is 0.844 bits per heavy atom. The van der Waals surface area contributed by atoms with Crippen molar-refractivity contribution in [2.24, 2.45) is 0 Å². The zero-order valence-electron chi connectivity index (χ0n) is 17.8. The Labute approximate surface area is 187 Å². The van der Waals surface area contributed by atoms with E-state index in [0.29, 0.717) is 38.4 Å². The lowest BCUT2D eigenvalue weighted by Crippen LogP contribution is -2.48. The molecule has 32 heavy (non-hydrogen) atoms. The number of carbonyl (C=O) groups excluding carboxylic acids is 2. The van der Waals surface area contributed by atoms with E-state index < -0.39 is 6.61 Å². The highest BCUT2D eigenvalue weighted by atomic mass is 16.5. The van der Waals surface area contributed by atoms with E-state index in [0.717, 1.165) is 22.4 Å². The van der Waals surface area contributed by atoms with Crippen LogP contribution in [0.3, 0.4) is 0 Å². The summed E-state index contributed by atoms with van der Waals surface area (Å²) < 4.78 is 5.40. The monoisotopic (exact) mass is 430 g/mol. The maximum atomic E-state index is 13.4. The second-order valence-corrected chi connectivity index (χ2v) is 7.66. The molecular weight excluding hydrogens is 404 g/mol. The van der Waals surface area contributed by atoms with Crippen molar-refractivity contribution in [1.29, 1.82) is 0 Å². The van der Waals surface area contributed by atoms with Gasteiger partial charge < -0.3 is 14.7 Å². The van der Waals surface area contributed by atoms with E-state index in [1.165, 1.54) is 0 Å². The Morgan fingerprint density at radius 3 is 2.09 bits per heavy atom. The minimum Gasteiger partial charge on any atom is -0.388 e. The molecule has 1 aliphatic heterocycles. The van der Waals surface area contributed by atoms with E-state index >= 15 is 0 Å². The van der Waals surface area contributed by atoms with Gasteiger partial charge in [0.2, 0.25) is 0 Å². The minimum atomic E-state index is -0.519. The van der Waals surface area contributed by atoms with Crippen molar-refractivity contribution in [3.63, 3.8) is 0 Å². The largest absolute Gasteiger partial charge is 0.388 e. The molecule has 3 aromatic carbocycles. The second kappa shape index (κ2) is 10.2. The van der Waals surface area contributed by atoms with E-state index in [-0.39, 0.29) is 11.8 Å². The summed E-state index contributed by atoms with van der Waals surface area (Å²) in [4.78, 5) is 28.6. The maximum Gasteiger partial charge on any atom is 0.324 e. The molecule has 1 aliphatic rings. The number of Topliss-reactive ketones (excluding diaryl/α,β-unsaturated/α-hetero) is 1. The molecule has 3 aromatic rings. The van der Waals surface area contributed by atoms with Crippen LogP contribution in [-0.2, 0) is 11.3 Å². The Bertz CT molecular complexity index is 1040. The average molecular weight is 431 g/mol. The van der Waals surface area contributed by atoms with Crippen LogP contribution >= 0.6 is 0 Å². The number of urea groups is 1. The Morgan fingerprint density at radius 2 is 1.47 bits per heavy atom. The fraction of sp³-hybridized carbons (Fsp3) is 0.231. The van der Waals surface area contributed by atoms with Gasteiger partial charge in [0.25, 0.3) is 0 Å². The number of morpholine rings is 1. The van der Waals surface area contributed by atoms with E-state index in [1.54, 1.807) is 21.9 Å². The van der Waals surface area contributed by atoms with Gasteiger partial charge in [-0.15, -0.1) is 0 Å². The van der Waals surface area contributed by atoms with Crippen LogP contribution in [0.4, 0.5) is 10.5 Å². The maximum absolute atomic E-state index is 13.4. The van der Waals surface area contributed by atoms with Gasteiger partial charge in [0.15, 0.2) is 5.78 Å². The number of hydrogen-bond acceptors (Lipinski definition) is 4. The Hall–Kier alpha value is -3.48. The number of hydrogen-bond donors (Lipinski definition) is 1. The van der Waals surface area contributed by atoms with E-state index in [2.05, 4.69) is 12.1 Å². The number of carbonyl (C=O) groups is 2. The van der Waals surface area contributed by atoms with Gasteiger partial charge in [-0.2, -0.15) is 0 Å². The lowest BCUT2D eigenvalue weighted by Gasteiger charge is -2.33. The van der Waals surface area contributed by atoms with Gasteiger partial charge in [0, 0.05) is 24.3 Å². The molecule has 0 aliphatic carbocycles. The first-order valence-electron chi connectivity index (χ1n) is 10.7. The number of rotatable bonds is 6.